The minimum absolute atomic E-state index is 0.288. The maximum atomic E-state index is 11.5. The maximum absolute atomic E-state index is 11.5. The third-order valence-corrected chi connectivity index (χ3v) is 1.85. The van der Waals surface area contributed by atoms with Crippen LogP contribution < -0.4 is 0 Å². The Morgan fingerprint density at radius 1 is 1.56 bits per heavy atom. The Balaban J connectivity index is 2.40. The predicted octanol–water partition coefficient (Wildman–Crippen LogP) is 1.74. The number of hydrogen-bond donors (Lipinski definition) is 0. The van der Waals surface area contributed by atoms with Crippen LogP contribution in [0.5, 0.6) is 0 Å². The number of halogens is 3. The molecule has 0 saturated carbocycles. The molecular formula is C4H2F3OS-. The number of hydrogen-bond acceptors (Lipinski definition) is 2. The maximum Gasteiger partial charge on any atom is 0.282 e. The molecule has 0 N–H and O–H groups in total. The summed E-state index contributed by atoms with van der Waals surface area (Å²) in [5.41, 5.74) is 0. The van der Waals surface area contributed by atoms with Crippen molar-refractivity contribution >= 4 is 16.9 Å². The van der Waals surface area contributed by atoms with E-state index in [9.17, 15) is 18.0 Å². The standard InChI is InChI=1S/C4H2F3OS/c5-4(6,7)2-1-3(8)9-2/h1H2/q-1. The van der Waals surface area contributed by atoms with E-state index in [0.29, 0.717) is 0 Å². The summed E-state index contributed by atoms with van der Waals surface area (Å²) in [7, 11) is 0. The summed E-state index contributed by atoms with van der Waals surface area (Å²) in [4.78, 5) is 10.00. The van der Waals surface area contributed by atoms with E-state index in [1.165, 1.54) is 0 Å². The topological polar surface area (TPSA) is 17.1 Å². The first-order valence-electron chi connectivity index (χ1n) is 2.14. The van der Waals surface area contributed by atoms with Crippen molar-refractivity contribution in [3.8, 4) is 0 Å². The van der Waals surface area contributed by atoms with Gasteiger partial charge in [0, 0.05) is 0 Å². The van der Waals surface area contributed by atoms with Crippen LogP contribution in [-0.2, 0) is 4.79 Å². The van der Waals surface area contributed by atoms with Gasteiger partial charge in [-0.2, -0.15) is 0 Å². The molecule has 9 heavy (non-hydrogen) atoms. The van der Waals surface area contributed by atoms with Crippen molar-refractivity contribution in [2.75, 3.05) is 0 Å². The lowest BCUT2D eigenvalue weighted by atomic mass is 10.3. The predicted molar refractivity (Wildman–Crippen MR) is 26.5 cm³/mol. The molecule has 0 unspecified atom stereocenters. The molecule has 0 spiro atoms. The zero-order valence-electron chi connectivity index (χ0n) is 4.16. The van der Waals surface area contributed by atoms with Crippen LogP contribution in [0.15, 0.2) is 0 Å². The first-order chi connectivity index (χ1) is 4.00. The summed E-state index contributed by atoms with van der Waals surface area (Å²) >= 11 is 0.288. The average molecular weight is 155 g/mol. The van der Waals surface area contributed by atoms with Gasteiger partial charge in [-0.3, -0.25) is 16.6 Å². The smallest absolute Gasteiger partial charge is 0.282 e. The molecule has 0 aromatic rings. The van der Waals surface area contributed by atoms with Gasteiger partial charge in [-0.25, -0.2) is 13.2 Å². The molecule has 1 aliphatic heterocycles. The van der Waals surface area contributed by atoms with Crippen molar-refractivity contribution in [2.45, 2.75) is 12.6 Å². The molecule has 0 amide bonds. The monoisotopic (exact) mass is 155 g/mol. The molecule has 0 aromatic heterocycles. The molecule has 0 radical (unpaired) electrons. The van der Waals surface area contributed by atoms with Gasteiger partial charge in [0.1, 0.15) is 5.12 Å². The summed E-state index contributed by atoms with van der Waals surface area (Å²) in [6.07, 6.45) is -4.69. The van der Waals surface area contributed by atoms with Gasteiger partial charge in [-0.05, 0) is 0 Å². The fraction of sp³-hybridized carbons (Fsp3) is 0.500. The Morgan fingerprint density at radius 3 is 2.11 bits per heavy atom. The molecule has 0 aliphatic carbocycles. The lowest BCUT2D eigenvalue weighted by Crippen LogP contribution is -2.28. The minimum Gasteiger partial charge on any atom is -0.293 e. The molecule has 1 aliphatic rings. The second-order valence-corrected chi connectivity index (χ2v) is 2.72. The highest BCUT2D eigenvalue weighted by molar-refractivity contribution is 8.18. The van der Waals surface area contributed by atoms with Gasteiger partial charge in [0.05, 0.1) is 0 Å². The number of thioether (sulfide) groups is 1. The number of carbonyl (C=O) groups is 1. The zero-order valence-corrected chi connectivity index (χ0v) is 4.97. The molecule has 1 saturated heterocycles. The molecule has 0 aromatic carbocycles. The molecule has 0 bridgehead atoms. The van der Waals surface area contributed by atoms with Crippen LogP contribution in [0.2, 0.25) is 0 Å². The van der Waals surface area contributed by atoms with E-state index >= 15 is 0 Å². The average Bonchev–Trinajstić information content (AvgIpc) is 1.55. The highest BCUT2D eigenvalue weighted by Gasteiger charge is 2.34. The number of rotatable bonds is 0. The Hall–Kier alpha value is -0.190. The van der Waals surface area contributed by atoms with Crippen molar-refractivity contribution in [1.82, 2.24) is 0 Å². The van der Waals surface area contributed by atoms with Crippen LogP contribution in [0, 0.1) is 5.25 Å². The molecule has 52 valence electrons. The highest BCUT2D eigenvalue weighted by atomic mass is 32.2. The Kier molecular flexibility index (Phi) is 1.46. The minimum atomic E-state index is -4.27. The van der Waals surface area contributed by atoms with Crippen LogP contribution in [0.25, 0.3) is 0 Å². The van der Waals surface area contributed by atoms with Crippen LogP contribution in [0.3, 0.4) is 0 Å². The lowest BCUT2D eigenvalue weighted by molar-refractivity contribution is -0.123. The normalized spacial score (nSPS) is 21.9. The van der Waals surface area contributed by atoms with Gasteiger partial charge in [0.25, 0.3) is 6.18 Å². The number of alkyl halides is 3. The molecule has 1 nitrogen and oxygen atoms in total. The highest BCUT2D eigenvalue weighted by Crippen LogP contribution is 2.48. The van der Waals surface area contributed by atoms with Crippen molar-refractivity contribution in [3.63, 3.8) is 0 Å². The first-order valence-corrected chi connectivity index (χ1v) is 2.95. The molecule has 1 heterocycles. The van der Waals surface area contributed by atoms with Crippen molar-refractivity contribution < 1.29 is 18.0 Å². The summed E-state index contributed by atoms with van der Waals surface area (Å²) in [5, 5.41) is -1.07. The molecule has 0 atom stereocenters. The van der Waals surface area contributed by atoms with Crippen molar-refractivity contribution in [3.05, 3.63) is 5.25 Å². The Labute approximate surface area is 53.6 Å². The quantitative estimate of drug-likeness (QED) is 0.495. The lowest BCUT2D eigenvalue weighted by Gasteiger charge is -2.40. The third kappa shape index (κ3) is 1.38. The van der Waals surface area contributed by atoms with Crippen LogP contribution in [0.4, 0.5) is 13.2 Å². The van der Waals surface area contributed by atoms with Gasteiger partial charge < -0.3 is 0 Å². The fourth-order valence-corrected chi connectivity index (χ4v) is 0.982. The van der Waals surface area contributed by atoms with Crippen LogP contribution >= 0.6 is 11.8 Å². The molecule has 1 fully saturated rings. The molecule has 5 heteroatoms. The van der Waals surface area contributed by atoms with Crippen LogP contribution in [0.1, 0.15) is 6.42 Å². The zero-order chi connectivity index (χ0) is 7.07. The van der Waals surface area contributed by atoms with Gasteiger partial charge in [0.15, 0.2) is 0 Å². The largest absolute Gasteiger partial charge is 0.293 e. The first kappa shape index (κ1) is 6.92. The van der Waals surface area contributed by atoms with Crippen molar-refractivity contribution in [2.24, 2.45) is 0 Å². The summed E-state index contributed by atoms with van der Waals surface area (Å²) in [6.45, 7) is 0. The summed E-state index contributed by atoms with van der Waals surface area (Å²) in [6, 6.07) is 0. The van der Waals surface area contributed by atoms with Gasteiger partial charge in [-0.1, -0.05) is 6.42 Å². The Morgan fingerprint density at radius 2 is 2.00 bits per heavy atom. The van der Waals surface area contributed by atoms with E-state index < -0.39 is 23.0 Å². The van der Waals surface area contributed by atoms with Crippen molar-refractivity contribution in [1.29, 1.82) is 0 Å². The SMILES string of the molecule is O=C1C[C-](C(F)(F)F)S1. The van der Waals surface area contributed by atoms with E-state index in [4.69, 9.17) is 0 Å². The van der Waals surface area contributed by atoms with E-state index in [-0.39, 0.29) is 11.8 Å². The molecular weight excluding hydrogens is 153 g/mol. The van der Waals surface area contributed by atoms with E-state index in [1.54, 1.807) is 0 Å². The van der Waals surface area contributed by atoms with E-state index in [1.807, 2.05) is 0 Å². The summed E-state index contributed by atoms with van der Waals surface area (Å²) in [5.74, 6) is 0. The Bertz CT molecular complexity index is 133. The fourth-order valence-electron chi connectivity index (χ4n) is 0.418. The number of carbonyl (C=O) groups excluding carboxylic acids is 1. The van der Waals surface area contributed by atoms with Gasteiger partial charge in [0.2, 0.25) is 0 Å². The summed E-state index contributed by atoms with van der Waals surface area (Å²) < 4.78 is 34.4. The van der Waals surface area contributed by atoms with Gasteiger partial charge >= 0.3 is 0 Å². The van der Waals surface area contributed by atoms with Gasteiger partial charge in [-0.15, -0.1) is 5.25 Å². The molecule has 1 rings (SSSR count). The van der Waals surface area contributed by atoms with E-state index in [2.05, 4.69) is 0 Å². The van der Waals surface area contributed by atoms with E-state index in [0.717, 1.165) is 0 Å². The second-order valence-electron chi connectivity index (χ2n) is 1.57. The third-order valence-electron chi connectivity index (χ3n) is 0.858. The second kappa shape index (κ2) is 1.90. The van der Waals surface area contributed by atoms with Crippen LogP contribution in [-0.4, -0.2) is 11.3 Å².